The zero-order valence-electron chi connectivity index (χ0n) is 9.59. The van der Waals surface area contributed by atoms with Crippen LogP contribution in [-0.4, -0.2) is 28.2 Å². The van der Waals surface area contributed by atoms with E-state index in [1.165, 1.54) is 0 Å². The van der Waals surface area contributed by atoms with Crippen LogP contribution in [0.25, 0.3) is 0 Å². The van der Waals surface area contributed by atoms with Gasteiger partial charge in [0.25, 0.3) is 5.85 Å². The van der Waals surface area contributed by atoms with E-state index in [1.54, 1.807) is 19.9 Å². The van der Waals surface area contributed by atoms with Crippen LogP contribution in [0.1, 0.15) is 26.7 Å². The molecular formula is C11H18O4P+. The highest BCUT2D eigenvalue weighted by atomic mass is 31.1. The number of carboxylic acids is 1. The Bertz CT molecular complexity index is 318. The molecule has 1 rings (SSSR count). The first-order valence-corrected chi connectivity index (χ1v) is 6.99. The van der Waals surface area contributed by atoms with Gasteiger partial charge >= 0.3 is 13.8 Å². The van der Waals surface area contributed by atoms with E-state index in [1.807, 2.05) is 0 Å². The molecule has 0 radical (unpaired) electrons. The number of rotatable bonds is 6. The number of hydrogen-bond acceptors (Lipinski definition) is 3. The van der Waals surface area contributed by atoms with Crippen LogP contribution < -0.4 is 0 Å². The molecule has 0 aliphatic heterocycles. The lowest BCUT2D eigenvalue weighted by molar-refractivity contribution is -0.132. The fraction of sp³-hybridized carbons (Fsp3) is 0.727. The average molecular weight is 245 g/mol. The lowest BCUT2D eigenvalue weighted by Gasteiger charge is -2.03. The molecule has 0 aromatic rings. The lowest BCUT2D eigenvalue weighted by Crippen LogP contribution is -2.13. The molecule has 90 valence electrons. The highest BCUT2D eigenvalue weighted by Gasteiger charge is 2.34. The predicted octanol–water partition coefficient (Wildman–Crippen LogP) is 2.21. The second-order valence-corrected chi connectivity index (χ2v) is 6.25. The maximum Gasteiger partial charge on any atom is 0.375 e. The number of aliphatic carboxylic acids is 1. The van der Waals surface area contributed by atoms with Crippen molar-refractivity contribution in [1.82, 2.24) is 0 Å². The number of aliphatic hydroxyl groups is 1. The van der Waals surface area contributed by atoms with Crippen molar-refractivity contribution < 1.29 is 19.6 Å². The fourth-order valence-electron chi connectivity index (χ4n) is 1.33. The van der Waals surface area contributed by atoms with Crippen LogP contribution in [0.5, 0.6) is 0 Å². The molecule has 2 N–H and O–H groups in total. The van der Waals surface area contributed by atoms with Gasteiger partial charge in [-0.05, 0) is 18.8 Å². The first-order valence-electron chi connectivity index (χ1n) is 5.47. The first-order chi connectivity index (χ1) is 7.41. The van der Waals surface area contributed by atoms with Crippen molar-refractivity contribution in [2.24, 2.45) is 11.8 Å². The summed E-state index contributed by atoms with van der Waals surface area (Å²) in [6.45, 7) is 3.53. The van der Waals surface area contributed by atoms with Gasteiger partial charge in [0.2, 0.25) is 0 Å². The average Bonchev–Trinajstić information content (AvgIpc) is 2.98. The molecule has 5 heteroatoms. The number of carboxylic acid groups (broad SMARTS) is 1. The normalized spacial score (nSPS) is 19.8. The summed E-state index contributed by atoms with van der Waals surface area (Å²) in [7, 11) is -1.90. The van der Waals surface area contributed by atoms with E-state index in [4.69, 9.17) is 5.11 Å². The van der Waals surface area contributed by atoms with E-state index >= 15 is 0 Å². The quantitative estimate of drug-likeness (QED) is 0.555. The zero-order chi connectivity index (χ0) is 12.3. The Morgan fingerprint density at radius 1 is 1.50 bits per heavy atom. The lowest BCUT2D eigenvalue weighted by atomic mass is 10.2. The highest BCUT2D eigenvalue weighted by molar-refractivity contribution is 7.45. The zero-order valence-corrected chi connectivity index (χ0v) is 10.5. The molecule has 0 heterocycles. The number of aliphatic hydroxyl groups excluding tert-OH is 1. The minimum atomic E-state index is -1.90. The molecule has 2 atom stereocenters. The summed E-state index contributed by atoms with van der Waals surface area (Å²) in [6, 6.07) is 0. The molecule has 16 heavy (non-hydrogen) atoms. The summed E-state index contributed by atoms with van der Waals surface area (Å²) in [5.74, 6) is -1.71. The topological polar surface area (TPSA) is 74.6 Å². The van der Waals surface area contributed by atoms with E-state index in [0.29, 0.717) is 5.92 Å². The monoisotopic (exact) mass is 245 g/mol. The van der Waals surface area contributed by atoms with Gasteiger partial charge in [-0.3, -0.25) is 0 Å². The van der Waals surface area contributed by atoms with Crippen LogP contribution >= 0.6 is 7.80 Å². The second kappa shape index (κ2) is 5.55. The van der Waals surface area contributed by atoms with Gasteiger partial charge in [-0.25, -0.2) is 4.79 Å². The predicted molar refractivity (Wildman–Crippen MR) is 61.8 cm³/mol. The third-order valence-corrected chi connectivity index (χ3v) is 4.39. The summed E-state index contributed by atoms with van der Waals surface area (Å²) in [5.41, 5.74) is 0.184. The Morgan fingerprint density at radius 3 is 2.44 bits per heavy atom. The number of carbonyl (C=O) groups is 1. The van der Waals surface area contributed by atoms with Gasteiger partial charge in [0, 0.05) is 5.92 Å². The standard InChI is InChI=1S/C11H17O4P/c1-7(2)11(14)16(15)6-9(10(12)13)5-8-3-4-8/h5,7-8,11,14H,3-4,6H2,1-2H3/p+1/b9-5+. The van der Waals surface area contributed by atoms with E-state index in [-0.39, 0.29) is 17.7 Å². The van der Waals surface area contributed by atoms with Gasteiger partial charge in [0.1, 0.15) is 0 Å². The molecule has 0 aromatic heterocycles. The van der Waals surface area contributed by atoms with E-state index < -0.39 is 19.6 Å². The first kappa shape index (κ1) is 13.3. The Labute approximate surface area is 96.1 Å². The Kier molecular flexibility index (Phi) is 4.63. The highest BCUT2D eigenvalue weighted by Crippen LogP contribution is 2.36. The summed E-state index contributed by atoms with van der Waals surface area (Å²) < 4.78 is 11.7. The molecule has 0 spiro atoms. The van der Waals surface area contributed by atoms with Crippen molar-refractivity contribution in [3.8, 4) is 0 Å². The Balaban J connectivity index is 2.61. The number of hydrogen-bond donors (Lipinski definition) is 2. The minimum Gasteiger partial charge on any atom is -0.478 e. The van der Waals surface area contributed by atoms with Gasteiger partial charge in [0.05, 0.1) is 5.57 Å². The molecular weight excluding hydrogens is 227 g/mol. The minimum absolute atomic E-state index is 0.0273. The van der Waals surface area contributed by atoms with Crippen LogP contribution in [0, 0.1) is 11.8 Å². The second-order valence-electron chi connectivity index (χ2n) is 4.57. The molecule has 0 amide bonds. The molecule has 1 saturated carbocycles. The maximum atomic E-state index is 11.7. The third-order valence-electron chi connectivity index (χ3n) is 2.55. The summed E-state index contributed by atoms with van der Waals surface area (Å²) in [6.07, 6.45) is 3.68. The van der Waals surface area contributed by atoms with Gasteiger partial charge in [0.15, 0.2) is 6.16 Å². The number of allylic oxidation sites excluding steroid dienone is 1. The van der Waals surface area contributed by atoms with Crippen LogP contribution in [0.3, 0.4) is 0 Å². The van der Waals surface area contributed by atoms with Crippen molar-refractivity contribution >= 4 is 13.8 Å². The summed E-state index contributed by atoms with van der Waals surface area (Å²) in [5, 5.41) is 18.5. The van der Waals surface area contributed by atoms with E-state index in [2.05, 4.69) is 0 Å². The summed E-state index contributed by atoms with van der Waals surface area (Å²) >= 11 is 0. The van der Waals surface area contributed by atoms with Crippen molar-refractivity contribution in [3.05, 3.63) is 11.6 Å². The molecule has 0 saturated heterocycles. The molecule has 0 bridgehead atoms. The van der Waals surface area contributed by atoms with Gasteiger partial charge in [-0.2, -0.15) is 0 Å². The molecule has 4 nitrogen and oxygen atoms in total. The van der Waals surface area contributed by atoms with Crippen LogP contribution in [-0.2, 0) is 9.36 Å². The molecule has 1 aliphatic rings. The third kappa shape index (κ3) is 4.03. The maximum absolute atomic E-state index is 11.7. The molecule has 0 aromatic carbocycles. The SMILES string of the molecule is CC(C)C(O)[P+](=O)C/C(=C\C1CC1)C(=O)O. The summed E-state index contributed by atoms with van der Waals surface area (Å²) in [4.78, 5) is 10.9. The Morgan fingerprint density at radius 2 is 2.06 bits per heavy atom. The van der Waals surface area contributed by atoms with E-state index in [9.17, 15) is 14.5 Å². The van der Waals surface area contributed by atoms with Crippen molar-refractivity contribution in [3.63, 3.8) is 0 Å². The largest absolute Gasteiger partial charge is 0.478 e. The van der Waals surface area contributed by atoms with E-state index in [0.717, 1.165) is 12.8 Å². The molecule has 2 unspecified atom stereocenters. The van der Waals surface area contributed by atoms with Gasteiger partial charge in [-0.15, -0.1) is 0 Å². The fourth-order valence-corrected chi connectivity index (χ4v) is 2.76. The van der Waals surface area contributed by atoms with Crippen molar-refractivity contribution in [1.29, 1.82) is 0 Å². The van der Waals surface area contributed by atoms with Crippen LogP contribution in [0.4, 0.5) is 0 Å². The Hall–Kier alpha value is -0.730. The van der Waals surface area contributed by atoms with Gasteiger partial charge in [-0.1, -0.05) is 24.5 Å². The molecule has 1 fully saturated rings. The smallest absolute Gasteiger partial charge is 0.375 e. The van der Waals surface area contributed by atoms with Gasteiger partial charge < -0.3 is 10.2 Å². The molecule has 1 aliphatic carbocycles. The van der Waals surface area contributed by atoms with Crippen LogP contribution in [0.2, 0.25) is 0 Å². The van der Waals surface area contributed by atoms with Crippen molar-refractivity contribution in [2.75, 3.05) is 6.16 Å². The van der Waals surface area contributed by atoms with Crippen LogP contribution in [0.15, 0.2) is 11.6 Å². The van der Waals surface area contributed by atoms with Crippen molar-refractivity contribution in [2.45, 2.75) is 32.5 Å².